The Bertz CT molecular complexity index is 54.0. The van der Waals surface area contributed by atoms with Gasteiger partial charge in [-0.3, -0.25) is 0 Å². The van der Waals surface area contributed by atoms with Crippen LogP contribution in [0.1, 0.15) is 6.42 Å². The van der Waals surface area contributed by atoms with Crippen molar-refractivity contribution in [1.29, 1.82) is 0 Å². The highest BCUT2D eigenvalue weighted by atomic mass is 32.1. The molecule has 2 N–H and O–H groups in total. The Balaban J connectivity index is 2.98. The van der Waals surface area contributed by atoms with E-state index in [1.807, 2.05) is 0 Å². The molecule has 0 fully saturated rings. The van der Waals surface area contributed by atoms with Crippen LogP contribution >= 0.6 is 12.6 Å². The summed E-state index contributed by atoms with van der Waals surface area (Å²) in [5, 5.41) is 0.282. The molecule has 0 aliphatic carbocycles. The van der Waals surface area contributed by atoms with E-state index in [4.69, 9.17) is 5.73 Å². The first-order chi connectivity index (χ1) is 3.31. The number of rotatable bonds is 3. The van der Waals surface area contributed by atoms with Crippen LogP contribution in [0.15, 0.2) is 12.7 Å². The Morgan fingerprint density at radius 1 is 1.86 bits per heavy atom. The lowest BCUT2D eigenvalue weighted by molar-refractivity contribution is 0.874. The summed E-state index contributed by atoms with van der Waals surface area (Å²) in [7, 11) is 0. The van der Waals surface area contributed by atoms with Gasteiger partial charge in [-0.1, -0.05) is 6.08 Å². The van der Waals surface area contributed by atoms with E-state index < -0.39 is 0 Å². The molecule has 0 heterocycles. The lowest BCUT2D eigenvalue weighted by Crippen LogP contribution is -2.04. The quantitative estimate of drug-likeness (QED) is 0.415. The van der Waals surface area contributed by atoms with Gasteiger partial charge in [-0.05, 0) is 13.0 Å². The van der Waals surface area contributed by atoms with Crippen LogP contribution < -0.4 is 5.73 Å². The topological polar surface area (TPSA) is 26.0 Å². The van der Waals surface area contributed by atoms with Crippen molar-refractivity contribution >= 4 is 12.6 Å². The molecular formula is C5H11NS. The first-order valence-corrected chi connectivity index (χ1v) is 2.83. The summed E-state index contributed by atoms with van der Waals surface area (Å²) in [6, 6.07) is 0. The van der Waals surface area contributed by atoms with Gasteiger partial charge in [0.15, 0.2) is 0 Å². The van der Waals surface area contributed by atoms with E-state index in [9.17, 15) is 0 Å². The van der Waals surface area contributed by atoms with Gasteiger partial charge in [0.2, 0.25) is 0 Å². The number of hydrogen-bond donors (Lipinski definition) is 2. The van der Waals surface area contributed by atoms with Crippen LogP contribution in [0.5, 0.6) is 0 Å². The third-order valence-electron chi connectivity index (χ3n) is 0.735. The van der Waals surface area contributed by atoms with Crippen LogP contribution in [-0.4, -0.2) is 11.8 Å². The van der Waals surface area contributed by atoms with Crippen LogP contribution in [0.2, 0.25) is 0 Å². The molecule has 7 heavy (non-hydrogen) atoms. The van der Waals surface area contributed by atoms with Crippen molar-refractivity contribution in [3.8, 4) is 0 Å². The predicted molar refractivity (Wildman–Crippen MR) is 36.6 cm³/mol. The summed E-state index contributed by atoms with van der Waals surface area (Å²) in [6.45, 7) is 4.24. The summed E-state index contributed by atoms with van der Waals surface area (Å²) in [4.78, 5) is 0. The zero-order valence-electron chi connectivity index (χ0n) is 4.30. The van der Waals surface area contributed by atoms with Gasteiger partial charge in [0, 0.05) is 5.25 Å². The summed E-state index contributed by atoms with van der Waals surface area (Å²) in [5.74, 6) is 0. The highest BCUT2D eigenvalue weighted by molar-refractivity contribution is 7.81. The minimum Gasteiger partial charge on any atom is -0.330 e. The van der Waals surface area contributed by atoms with Gasteiger partial charge in [0.25, 0.3) is 0 Å². The van der Waals surface area contributed by atoms with Gasteiger partial charge in [-0.15, -0.1) is 6.58 Å². The van der Waals surface area contributed by atoms with Crippen molar-refractivity contribution in [2.24, 2.45) is 5.73 Å². The molecule has 0 aromatic carbocycles. The van der Waals surface area contributed by atoms with Crippen LogP contribution in [0, 0.1) is 0 Å². The van der Waals surface area contributed by atoms with Crippen molar-refractivity contribution in [1.82, 2.24) is 0 Å². The fourth-order valence-corrected chi connectivity index (χ4v) is 0.438. The molecule has 0 aromatic rings. The summed E-state index contributed by atoms with van der Waals surface area (Å²) in [6.07, 6.45) is 2.71. The van der Waals surface area contributed by atoms with Gasteiger partial charge in [-0.2, -0.15) is 12.6 Å². The highest BCUT2D eigenvalue weighted by Gasteiger charge is 1.90. The van der Waals surface area contributed by atoms with Crippen molar-refractivity contribution in [3.63, 3.8) is 0 Å². The highest BCUT2D eigenvalue weighted by Crippen LogP contribution is 1.98. The average Bonchev–Trinajstić information content (AvgIpc) is 1.68. The number of thiol groups is 1. The third-order valence-corrected chi connectivity index (χ3v) is 1.20. The lowest BCUT2D eigenvalue weighted by atomic mass is 10.3. The summed E-state index contributed by atoms with van der Waals surface area (Å²) in [5.41, 5.74) is 5.21. The maximum atomic E-state index is 5.21. The normalized spacial score (nSPS) is 13.4. The second kappa shape index (κ2) is 4.22. The van der Waals surface area contributed by atoms with Crippen molar-refractivity contribution in [2.75, 3.05) is 6.54 Å². The first kappa shape index (κ1) is 7.05. The zero-order valence-corrected chi connectivity index (χ0v) is 5.20. The molecule has 0 radical (unpaired) electrons. The van der Waals surface area contributed by atoms with E-state index >= 15 is 0 Å². The van der Waals surface area contributed by atoms with Gasteiger partial charge in [-0.25, -0.2) is 0 Å². The van der Waals surface area contributed by atoms with E-state index in [0.717, 1.165) is 6.42 Å². The lowest BCUT2D eigenvalue weighted by Gasteiger charge is -1.97. The van der Waals surface area contributed by atoms with E-state index in [1.165, 1.54) is 0 Å². The molecule has 1 atom stereocenters. The Morgan fingerprint density at radius 2 is 2.43 bits per heavy atom. The minimum absolute atomic E-state index is 0.282. The molecule has 42 valence electrons. The van der Waals surface area contributed by atoms with E-state index in [0.29, 0.717) is 6.54 Å². The fraction of sp³-hybridized carbons (Fsp3) is 0.600. The minimum atomic E-state index is 0.282. The van der Waals surface area contributed by atoms with Crippen LogP contribution in [-0.2, 0) is 0 Å². The first-order valence-electron chi connectivity index (χ1n) is 2.32. The van der Waals surface area contributed by atoms with E-state index in [-0.39, 0.29) is 5.25 Å². The molecule has 1 unspecified atom stereocenters. The average molecular weight is 117 g/mol. The van der Waals surface area contributed by atoms with Crippen LogP contribution in [0.3, 0.4) is 0 Å². The second-order valence-electron chi connectivity index (χ2n) is 1.38. The van der Waals surface area contributed by atoms with Crippen molar-refractivity contribution < 1.29 is 0 Å². The molecule has 0 bridgehead atoms. The predicted octanol–water partition coefficient (Wildman–Crippen LogP) is 0.820. The zero-order chi connectivity index (χ0) is 5.70. The molecule has 0 amide bonds. The van der Waals surface area contributed by atoms with Crippen molar-refractivity contribution in [2.45, 2.75) is 11.7 Å². The van der Waals surface area contributed by atoms with Gasteiger partial charge in [0.1, 0.15) is 0 Å². The van der Waals surface area contributed by atoms with Crippen LogP contribution in [0.25, 0.3) is 0 Å². The molecule has 0 aromatic heterocycles. The molecule has 0 saturated carbocycles. The number of nitrogens with two attached hydrogens (primary N) is 1. The van der Waals surface area contributed by atoms with Crippen molar-refractivity contribution in [3.05, 3.63) is 12.7 Å². The Kier molecular flexibility index (Phi) is 4.25. The summed E-state index contributed by atoms with van der Waals surface area (Å²) >= 11 is 4.11. The monoisotopic (exact) mass is 117 g/mol. The molecule has 0 aliphatic heterocycles. The maximum absolute atomic E-state index is 5.21. The Morgan fingerprint density at radius 3 is 2.57 bits per heavy atom. The molecule has 1 nitrogen and oxygen atoms in total. The van der Waals surface area contributed by atoms with E-state index in [2.05, 4.69) is 19.2 Å². The maximum Gasteiger partial charge on any atom is 0.0206 e. The second-order valence-corrected chi connectivity index (χ2v) is 2.04. The molecule has 0 spiro atoms. The Hall–Kier alpha value is 0.0500. The fourth-order valence-electron chi connectivity index (χ4n) is 0.289. The molecule has 0 aliphatic rings. The standard InChI is InChI=1S/C5H11NS/c1-2-5(7)3-4-6/h2,5,7H,1,3-4,6H2. The van der Waals surface area contributed by atoms with Crippen LogP contribution in [0.4, 0.5) is 0 Å². The third kappa shape index (κ3) is 3.89. The molecule has 2 heteroatoms. The number of hydrogen-bond acceptors (Lipinski definition) is 2. The molecule has 0 rings (SSSR count). The van der Waals surface area contributed by atoms with Gasteiger partial charge < -0.3 is 5.73 Å². The molecule has 0 saturated heterocycles. The SMILES string of the molecule is C=CC(S)CCN. The van der Waals surface area contributed by atoms with Gasteiger partial charge >= 0.3 is 0 Å². The van der Waals surface area contributed by atoms with Gasteiger partial charge in [0.05, 0.1) is 0 Å². The van der Waals surface area contributed by atoms with E-state index in [1.54, 1.807) is 6.08 Å². The summed E-state index contributed by atoms with van der Waals surface area (Å²) < 4.78 is 0. The molecular weight excluding hydrogens is 106 g/mol. The Labute approximate surface area is 50.0 Å². The smallest absolute Gasteiger partial charge is 0.0206 e. The largest absolute Gasteiger partial charge is 0.330 e.